The lowest BCUT2D eigenvalue weighted by Gasteiger charge is -2.20. The molecule has 128 valence electrons. The Bertz CT molecular complexity index is 820. The number of carbonyl (C=O) groups is 1. The zero-order valence-corrected chi connectivity index (χ0v) is 14.9. The number of benzene rings is 2. The summed E-state index contributed by atoms with van der Waals surface area (Å²) in [5.74, 6) is 0.00506. The van der Waals surface area contributed by atoms with Gasteiger partial charge in [0.2, 0.25) is 11.1 Å². The maximum Gasteiger partial charge on any atom is 0.240 e. The number of hydrogen-bond acceptors (Lipinski definition) is 5. The molecule has 3 aromatic rings. The third-order valence-corrected chi connectivity index (χ3v) is 4.88. The molecule has 1 atom stereocenters. The number of tetrazole rings is 1. The van der Waals surface area contributed by atoms with Crippen LogP contribution in [0.3, 0.4) is 0 Å². The van der Waals surface area contributed by atoms with Crippen LogP contribution in [0.25, 0.3) is 0 Å². The lowest BCUT2D eigenvalue weighted by atomic mass is 10.1. The van der Waals surface area contributed by atoms with E-state index in [-0.39, 0.29) is 5.91 Å². The minimum Gasteiger partial charge on any atom is -0.348 e. The van der Waals surface area contributed by atoms with Gasteiger partial charge in [0.15, 0.2) is 0 Å². The van der Waals surface area contributed by atoms with Crippen LogP contribution in [-0.4, -0.2) is 45.1 Å². The minimum absolute atomic E-state index is 0.00506. The molecule has 7 heteroatoms. The number of amides is 1. The highest BCUT2D eigenvalue weighted by molar-refractivity contribution is 8.00. The van der Waals surface area contributed by atoms with Gasteiger partial charge in [-0.05, 0) is 21.6 Å². The molecule has 0 spiro atoms. The molecule has 0 unspecified atom stereocenters. The molecule has 1 aromatic heterocycles. The maximum atomic E-state index is 12.7. The Kier molecular flexibility index (Phi) is 5.45. The van der Waals surface area contributed by atoms with E-state index < -0.39 is 5.25 Å². The number of carbonyl (C=O) groups excluding carboxylic acids is 1. The fourth-order valence-corrected chi connectivity index (χ4v) is 3.49. The normalized spacial score (nSPS) is 11.9. The van der Waals surface area contributed by atoms with E-state index in [0.717, 1.165) is 11.1 Å². The Morgan fingerprint density at radius 2 is 1.72 bits per heavy atom. The quantitative estimate of drug-likeness (QED) is 0.638. The summed E-state index contributed by atoms with van der Waals surface area (Å²) in [6.45, 7) is 0.563. The molecule has 0 fully saturated rings. The van der Waals surface area contributed by atoms with E-state index in [9.17, 15) is 4.79 Å². The minimum atomic E-state index is -0.392. The molecular weight excluding hydrogens is 334 g/mol. The van der Waals surface area contributed by atoms with E-state index in [1.165, 1.54) is 11.8 Å². The molecule has 0 radical (unpaired) electrons. The van der Waals surface area contributed by atoms with Crippen molar-refractivity contribution >= 4 is 17.7 Å². The van der Waals surface area contributed by atoms with Crippen LogP contribution in [-0.2, 0) is 11.3 Å². The third kappa shape index (κ3) is 4.24. The summed E-state index contributed by atoms with van der Waals surface area (Å²) < 4.78 is 1.72. The van der Waals surface area contributed by atoms with Gasteiger partial charge in [-0.2, -0.15) is 0 Å². The van der Waals surface area contributed by atoms with Gasteiger partial charge in [-0.3, -0.25) is 4.79 Å². The first-order chi connectivity index (χ1) is 12.1. The van der Waals surface area contributed by atoms with Crippen LogP contribution < -0.4 is 0 Å². The van der Waals surface area contributed by atoms with Gasteiger partial charge in [0.1, 0.15) is 5.25 Å². The molecule has 2 aromatic carbocycles. The first-order valence-electron chi connectivity index (χ1n) is 7.88. The van der Waals surface area contributed by atoms with Crippen molar-refractivity contribution in [2.45, 2.75) is 17.0 Å². The molecule has 25 heavy (non-hydrogen) atoms. The largest absolute Gasteiger partial charge is 0.348 e. The molecule has 0 aliphatic carbocycles. The first-order valence-corrected chi connectivity index (χ1v) is 8.76. The monoisotopic (exact) mass is 353 g/mol. The topological polar surface area (TPSA) is 63.9 Å². The summed E-state index contributed by atoms with van der Waals surface area (Å²) in [5.41, 5.74) is 2.03. The van der Waals surface area contributed by atoms with Crippen LogP contribution in [0.5, 0.6) is 0 Å². The highest BCUT2D eigenvalue weighted by Crippen LogP contribution is 2.35. The average molecular weight is 353 g/mol. The zero-order valence-electron chi connectivity index (χ0n) is 14.1. The molecule has 3 rings (SSSR count). The van der Waals surface area contributed by atoms with E-state index in [1.807, 2.05) is 60.7 Å². The Morgan fingerprint density at radius 1 is 1.08 bits per heavy atom. The van der Waals surface area contributed by atoms with Gasteiger partial charge >= 0.3 is 0 Å². The Labute approximate surface area is 150 Å². The number of nitrogens with zero attached hydrogens (tertiary/aromatic N) is 5. The second kappa shape index (κ2) is 7.94. The molecule has 1 amide bonds. The Balaban J connectivity index is 1.86. The summed E-state index contributed by atoms with van der Waals surface area (Å²) in [4.78, 5) is 14.3. The molecule has 0 aliphatic rings. The van der Waals surface area contributed by atoms with Crippen LogP contribution in [0, 0.1) is 0 Å². The summed E-state index contributed by atoms with van der Waals surface area (Å²) in [5, 5.41) is 12.2. The Hall–Kier alpha value is -2.67. The molecule has 0 aliphatic heterocycles. The van der Waals surface area contributed by atoms with Crippen LogP contribution >= 0.6 is 11.8 Å². The van der Waals surface area contributed by atoms with Crippen LogP contribution in [0.1, 0.15) is 16.4 Å². The van der Waals surface area contributed by atoms with Gasteiger partial charge in [0, 0.05) is 14.1 Å². The lowest BCUT2D eigenvalue weighted by molar-refractivity contribution is -0.128. The predicted molar refractivity (Wildman–Crippen MR) is 97.1 cm³/mol. The summed E-state index contributed by atoms with van der Waals surface area (Å²) >= 11 is 1.37. The second-order valence-corrected chi connectivity index (χ2v) is 6.82. The van der Waals surface area contributed by atoms with Crippen LogP contribution in [0.15, 0.2) is 65.8 Å². The average Bonchev–Trinajstić information content (AvgIpc) is 3.07. The Morgan fingerprint density at radius 3 is 2.36 bits per heavy atom. The summed E-state index contributed by atoms with van der Waals surface area (Å²) in [6.07, 6.45) is 0. The molecule has 0 bridgehead atoms. The predicted octanol–water partition coefficient (Wildman–Crippen LogP) is 2.64. The standard InChI is InChI=1S/C18H19N5OS/c1-22(2)17(24)16(15-11-7-4-8-12-15)25-18-19-20-21-23(18)13-14-9-5-3-6-10-14/h3-12,16H,13H2,1-2H3/t16-/m0/s1. The number of hydrogen-bond donors (Lipinski definition) is 0. The smallest absolute Gasteiger partial charge is 0.240 e. The highest BCUT2D eigenvalue weighted by atomic mass is 32.2. The van der Waals surface area contributed by atoms with Crippen molar-refractivity contribution in [3.63, 3.8) is 0 Å². The molecule has 0 saturated carbocycles. The zero-order chi connectivity index (χ0) is 17.6. The van der Waals surface area contributed by atoms with Crippen molar-refractivity contribution in [3.8, 4) is 0 Å². The van der Waals surface area contributed by atoms with Crippen molar-refractivity contribution in [1.29, 1.82) is 0 Å². The van der Waals surface area contributed by atoms with Gasteiger partial charge in [0.05, 0.1) is 6.54 Å². The molecule has 0 saturated heterocycles. The SMILES string of the molecule is CN(C)C(=O)[C@@H](Sc1nnnn1Cc1ccccc1)c1ccccc1. The van der Waals surface area contributed by atoms with Gasteiger partial charge in [0.25, 0.3) is 0 Å². The van der Waals surface area contributed by atoms with Gasteiger partial charge < -0.3 is 4.90 Å². The van der Waals surface area contributed by atoms with Gasteiger partial charge in [-0.1, -0.05) is 72.4 Å². The van der Waals surface area contributed by atoms with E-state index >= 15 is 0 Å². The van der Waals surface area contributed by atoms with Crippen LogP contribution in [0.2, 0.25) is 0 Å². The number of thioether (sulfide) groups is 1. The van der Waals surface area contributed by atoms with Gasteiger partial charge in [-0.25, -0.2) is 4.68 Å². The fourth-order valence-electron chi connectivity index (χ4n) is 2.37. The maximum absolute atomic E-state index is 12.7. The molecular formula is C18H19N5OS. The molecule has 6 nitrogen and oxygen atoms in total. The van der Waals surface area contributed by atoms with Crippen molar-refractivity contribution in [3.05, 3.63) is 71.8 Å². The number of rotatable bonds is 6. The van der Waals surface area contributed by atoms with E-state index in [4.69, 9.17) is 0 Å². The summed E-state index contributed by atoms with van der Waals surface area (Å²) in [7, 11) is 3.51. The second-order valence-electron chi connectivity index (χ2n) is 5.75. The molecule has 1 heterocycles. The van der Waals surface area contributed by atoms with Crippen LogP contribution in [0.4, 0.5) is 0 Å². The van der Waals surface area contributed by atoms with Crippen molar-refractivity contribution in [2.75, 3.05) is 14.1 Å². The van der Waals surface area contributed by atoms with Gasteiger partial charge in [-0.15, -0.1) is 5.10 Å². The third-order valence-electron chi connectivity index (χ3n) is 3.66. The highest BCUT2D eigenvalue weighted by Gasteiger charge is 2.26. The van der Waals surface area contributed by atoms with Crippen molar-refractivity contribution in [2.24, 2.45) is 0 Å². The molecule has 0 N–H and O–H groups in total. The number of likely N-dealkylation sites (N-methyl/N-ethyl adjacent to an activating group) is 1. The first kappa shape index (κ1) is 17.2. The fraction of sp³-hybridized carbons (Fsp3) is 0.222. The number of aromatic nitrogens is 4. The van der Waals surface area contributed by atoms with Crippen molar-refractivity contribution in [1.82, 2.24) is 25.1 Å². The van der Waals surface area contributed by atoms with E-state index in [1.54, 1.807) is 23.7 Å². The lowest BCUT2D eigenvalue weighted by Crippen LogP contribution is -2.27. The van der Waals surface area contributed by atoms with E-state index in [0.29, 0.717) is 11.7 Å². The summed E-state index contributed by atoms with van der Waals surface area (Å²) in [6, 6.07) is 19.7. The van der Waals surface area contributed by atoms with E-state index in [2.05, 4.69) is 15.5 Å². The van der Waals surface area contributed by atoms with Crippen molar-refractivity contribution < 1.29 is 4.79 Å².